The van der Waals surface area contributed by atoms with Gasteiger partial charge in [-0.15, -0.1) is 0 Å². The molecule has 0 aromatic heterocycles. The van der Waals surface area contributed by atoms with Crippen LogP contribution in [0.25, 0.3) is 0 Å². The number of hydrogen-bond acceptors (Lipinski definition) is 7. The molecule has 1 aliphatic rings. The Morgan fingerprint density at radius 1 is 1.03 bits per heavy atom. The third kappa shape index (κ3) is 4.97. The first-order chi connectivity index (χ1) is 14.9. The van der Waals surface area contributed by atoms with E-state index < -0.39 is 15.9 Å². The van der Waals surface area contributed by atoms with Gasteiger partial charge in [-0.05, 0) is 43.2 Å². The highest BCUT2D eigenvalue weighted by atomic mass is 32.2. The van der Waals surface area contributed by atoms with E-state index in [-0.39, 0.29) is 10.5 Å². The van der Waals surface area contributed by atoms with Crippen molar-refractivity contribution in [2.45, 2.75) is 17.7 Å². The molecule has 0 radical (unpaired) electrons. The molecule has 31 heavy (non-hydrogen) atoms. The lowest BCUT2D eigenvalue weighted by Crippen LogP contribution is -2.28. The van der Waals surface area contributed by atoms with Gasteiger partial charge in [-0.25, -0.2) is 13.8 Å². The average Bonchev–Trinajstić information content (AvgIpc) is 3.34. The molecule has 1 saturated heterocycles. The molecule has 1 heterocycles. The molecule has 0 atom stereocenters. The lowest BCUT2D eigenvalue weighted by Gasteiger charge is -2.15. The number of nitrogens with zero attached hydrogens (tertiary/aromatic N) is 2. The highest BCUT2D eigenvalue weighted by Gasteiger charge is 2.27. The zero-order chi connectivity index (χ0) is 22.4. The molecule has 0 aliphatic carbocycles. The smallest absolute Gasteiger partial charge is 0.271 e. The molecule has 2 aromatic rings. The van der Waals surface area contributed by atoms with Crippen LogP contribution in [0.2, 0.25) is 0 Å². The fourth-order valence-corrected chi connectivity index (χ4v) is 4.84. The summed E-state index contributed by atoms with van der Waals surface area (Å²) in [6.07, 6.45) is 3.11. The lowest BCUT2D eigenvalue weighted by molar-refractivity contribution is 0.0955. The Hall–Kier alpha value is -3.11. The third-order valence-corrected chi connectivity index (χ3v) is 6.76. The topological polar surface area (TPSA) is 107 Å². The number of carbonyl (C=O) groups excluding carboxylic acids is 1. The van der Waals surface area contributed by atoms with Gasteiger partial charge < -0.3 is 14.2 Å². The first-order valence-corrected chi connectivity index (χ1v) is 11.1. The van der Waals surface area contributed by atoms with Crippen molar-refractivity contribution in [1.29, 1.82) is 0 Å². The Kier molecular flexibility index (Phi) is 7.13. The predicted molar refractivity (Wildman–Crippen MR) is 116 cm³/mol. The van der Waals surface area contributed by atoms with Crippen LogP contribution in [0.1, 0.15) is 28.8 Å². The summed E-state index contributed by atoms with van der Waals surface area (Å²) in [7, 11) is 0.908. The maximum Gasteiger partial charge on any atom is 0.271 e. The molecule has 0 spiro atoms. The minimum Gasteiger partial charge on any atom is -0.493 e. The zero-order valence-corrected chi connectivity index (χ0v) is 18.4. The van der Waals surface area contributed by atoms with Gasteiger partial charge in [0.15, 0.2) is 11.5 Å². The number of nitrogens with one attached hydrogen (secondary N) is 1. The number of sulfonamides is 1. The summed E-state index contributed by atoms with van der Waals surface area (Å²) in [6.45, 7) is 0.996. The van der Waals surface area contributed by atoms with Gasteiger partial charge in [0.05, 0.1) is 32.4 Å². The van der Waals surface area contributed by atoms with Gasteiger partial charge in [-0.3, -0.25) is 4.79 Å². The summed E-state index contributed by atoms with van der Waals surface area (Å²) in [5.74, 6) is 0.827. The molecule has 3 rings (SSSR count). The summed E-state index contributed by atoms with van der Waals surface area (Å²) >= 11 is 0. The van der Waals surface area contributed by atoms with Crippen LogP contribution in [0.15, 0.2) is 46.4 Å². The molecule has 0 saturated carbocycles. The van der Waals surface area contributed by atoms with Gasteiger partial charge in [0.2, 0.25) is 15.8 Å². The molecule has 0 unspecified atom stereocenters. The Morgan fingerprint density at radius 3 is 2.26 bits per heavy atom. The minimum atomic E-state index is -3.60. The highest BCUT2D eigenvalue weighted by molar-refractivity contribution is 7.89. The second-order valence-electron chi connectivity index (χ2n) is 6.80. The van der Waals surface area contributed by atoms with Crippen LogP contribution in [0.4, 0.5) is 0 Å². The summed E-state index contributed by atoms with van der Waals surface area (Å²) in [6, 6.07) is 9.29. The molecule has 1 amide bonds. The minimum absolute atomic E-state index is 0.0932. The van der Waals surface area contributed by atoms with Crippen molar-refractivity contribution in [3.05, 3.63) is 47.5 Å². The van der Waals surface area contributed by atoms with Gasteiger partial charge >= 0.3 is 0 Å². The van der Waals surface area contributed by atoms with Crippen molar-refractivity contribution in [3.63, 3.8) is 0 Å². The second-order valence-corrected chi connectivity index (χ2v) is 8.73. The quantitative estimate of drug-likeness (QED) is 0.491. The molecule has 2 aromatic carbocycles. The first-order valence-electron chi connectivity index (χ1n) is 9.64. The number of amides is 1. The van der Waals surface area contributed by atoms with Crippen molar-refractivity contribution in [1.82, 2.24) is 9.73 Å². The zero-order valence-electron chi connectivity index (χ0n) is 17.6. The molecule has 1 N–H and O–H groups in total. The molecule has 1 aliphatic heterocycles. The van der Waals surface area contributed by atoms with Gasteiger partial charge in [0.25, 0.3) is 5.91 Å². The molecular formula is C21H25N3O6S. The van der Waals surface area contributed by atoms with Gasteiger partial charge in [0.1, 0.15) is 0 Å². The van der Waals surface area contributed by atoms with Crippen LogP contribution in [-0.4, -0.2) is 59.3 Å². The first kappa shape index (κ1) is 22.6. The summed E-state index contributed by atoms with van der Waals surface area (Å²) in [5.41, 5.74) is 3.22. The number of hydrogen-bond donors (Lipinski definition) is 1. The lowest BCUT2D eigenvalue weighted by atomic mass is 10.2. The van der Waals surface area contributed by atoms with Gasteiger partial charge in [-0.1, -0.05) is 6.07 Å². The Balaban J connectivity index is 1.75. The van der Waals surface area contributed by atoms with E-state index in [0.717, 1.165) is 12.8 Å². The van der Waals surface area contributed by atoms with Crippen molar-refractivity contribution in [2.24, 2.45) is 5.10 Å². The van der Waals surface area contributed by atoms with E-state index in [1.807, 2.05) is 0 Å². The number of carbonyl (C=O) groups is 1. The summed E-state index contributed by atoms with van der Waals surface area (Å²) < 4.78 is 42.7. The number of rotatable bonds is 8. The molecule has 0 bridgehead atoms. The SMILES string of the molecule is COc1cc(/C=N\NC(=O)c2cccc(S(=O)(=O)N3CCCC3)c2)cc(OC)c1OC. The van der Waals surface area contributed by atoms with Crippen LogP contribution >= 0.6 is 0 Å². The van der Waals surface area contributed by atoms with Crippen LogP contribution < -0.4 is 19.6 Å². The Morgan fingerprint density at radius 2 is 1.68 bits per heavy atom. The predicted octanol–water partition coefficient (Wildman–Crippen LogP) is 2.26. The molecule has 10 heteroatoms. The van der Waals surface area contributed by atoms with Crippen molar-refractivity contribution in [2.75, 3.05) is 34.4 Å². The van der Waals surface area contributed by atoms with Gasteiger partial charge in [-0.2, -0.15) is 9.41 Å². The maximum absolute atomic E-state index is 12.7. The van der Waals surface area contributed by atoms with E-state index in [1.165, 1.54) is 50.0 Å². The van der Waals surface area contributed by atoms with E-state index in [4.69, 9.17) is 14.2 Å². The number of hydrazone groups is 1. The van der Waals surface area contributed by atoms with Gasteiger partial charge in [0, 0.05) is 24.2 Å². The van der Waals surface area contributed by atoms with Crippen molar-refractivity contribution in [3.8, 4) is 17.2 Å². The van der Waals surface area contributed by atoms with Crippen LogP contribution in [-0.2, 0) is 10.0 Å². The van der Waals surface area contributed by atoms with Crippen molar-refractivity contribution < 1.29 is 27.4 Å². The number of ether oxygens (including phenoxy) is 3. The van der Waals surface area contributed by atoms with E-state index in [0.29, 0.717) is 35.9 Å². The van der Waals surface area contributed by atoms with Crippen LogP contribution in [0, 0.1) is 0 Å². The monoisotopic (exact) mass is 447 g/mol. The van der Waals surface area contributed by atoms with E-state index in [2.05, 4.69) is 10.5 Å². The average molecular weight is 448 g/mol. The maximum atomic E-state index is 12.7. The van der Waals surface area contributed by atoms with E-state index >= 15 is 0 Å². The fraction of sp³-hybridized carbons (Fsp3) is 0.333. The van der Waals surface area contributed by atoms with Crippen LogP contribution in [0.5, 0.6) is 17.2 Å². The van der Waals surface area contributed by atoms with E-state index in [1.54, 1.807) is 18.2 Å². The molecule has 9 nitrogen and oxygen atoms in total. The standard InChI is InChI=1S/C21H25N3O6S/c1-28-18-11-15(12-19(29-2)20(18)30-3)14-22-23-21(25)16-7-6-8-17(13-16)31(26,27)24-9-4-5-10-24/h6-8,11-14H,4-5,9-10H2,1-3H3,(H,23,25)/b22-14-. The Labute approximate surface area is 181 Å². The number of methoxy groups -OCH3 is 3. The highest BCUT2D eigenvalue weighted by Crippen LogP contribution is 2.37. The largest absolute Gasteiger partial charge is 0.493 e. The number of benzene rings is 2. The molecule has 1 fully saturated rings. The van der Waals surface area contributed by atoms with E-state index in [9.17, 15) is 13.2 Å². The normalized spacial score (nSPS) is 14.5. The molecular weight excluding hydrogens is 422 g/mol. The molecule has 166 valence electrons. The summed E-state index contributed by atoms with van der Waals surface area (Å²) in [4.78, 5) is 12.6. The fourth-order valence-electron chi connectivity index (χ4n) is 3.28. The van der Waals surface area contributed by atoms with Crippen molar-refractivity contribution >= 4 is 22.1 Å². The third-order valence-electron chi connectivity index (χ3n) is 4.87. The Bertz CT molecular complexity index is 1050. The van der Waals surface area contributed by atoms with Crippen LogP contribution in [0.3, 0.4) is 0 Å². The summed E-state index contributed by atoms with van der Waals surface area (Å²) in [5, 5.41) is 3.96. The second kappa shape index (κ2) is 9.80.